The summed E-state index contributed by atoms with van der Waals surface area (Å²) in [6.07, 6.45) is 0.929. The van der Waals surface area contributed by atoms with Crippen molar-refractivity contribution in [3.05, 3.63) is 57.6 Å². The highest BCUT2D eigenvalue weighted by atomic mass is 79.9. The van der Waals surface area contributed by atoms with E-state index in [1.54, 1.807) is 18.2 Å². The maximum atomic E-state index is 11.5. The largest absolute Gasteiger partial charge is 0.465 e. The molecule has 0 aliphatic carbocycles. The highest BCUT2D eigenvalue weighted by Gasteiger charge is 2.11. The Labute approximate surface area is 133 Å². The molecule has 110 valence electrons. The van der Waals surface area contributed by atoms with Crippen molar-refractivity contribution < 1.29 is 14.3 Å². The molecule has 0 saturated carbocycles. The first kappa shape index (κ1) is 15.6. The van der Waals surface area contributed by atoms with Gasteiger partial charge >= 0.3 is 5.97 Å². The molecule has 2 aromatic carbocycles. The highest BCUT2D eigenvalue weighted by molar-refractivity contribution is 9.10. The Morgan fingerprint density at radius 3 is 2.57 bits per heavy atom. The van der Waals surface area contributed by atoms with Crippen LogP contribution in [0.2, 0.25) is 0 Å². The highest BCUT2D eigenvalue weighted by Crippen LogP contribution is 2.34. The molecule has 0 N–H and O–H groups in total. The Morgan fingerprint density at radius 1 is 1.19 bits per heavy atom. The van der Waals surface area contributed by atoms with Crippen molar-refractivity contribution in [2.45, 2.75) is 20.3 Å². The number of benzene rings is 2. The maximum Gasteiger partial charge on any atom is 0.337 e. The van der Waals surface area contributed by atoms with Gasteiger partial charge in [0.2, 0.25) is 0 Å². The van der Waals surface area contributed by atoms with Gasteiger partial charge in [-0.2, -0.15) is 0 Å². The molecule has 0 amide bonds. The van der Waals surface area contributed by atoms with Gasteiger partial charge in [-0.05, 0) is 64.7 Å². The van der Waals surface area contributed by atoms with E-state index in [1.807, 2.05) is 19.1 Å². The molecule has 2 rings (SSSR count). The molecule has 3 nitrogen and oxygen atoms in total. The van der Waals surface area contributed by atoms with E-state index in [1.165, 1.54) is 12.7 Å². The van der Waals surface area contributed by atoms with Gasteiger partial charge in [0.1, 0.15) is 11.5 Å². The predicted molar refractivity (Wildman–Crippen MR) is 86.1 cm³/mol. The Bertz CT molecular complexity index is 665. The normalized spacial score (nSPS) is 10.3. The molecule has 0 aliphatic heterocycles. The molecule has 0 atom stereocenters. The van der Waals surface area contributed by atoms with E-state index in [2.05, 4.69) is 28.9 Å². The summed E-state index contributed by atoms with van der Waals surface area (Å²) in [5.74, 6) is 1.14. The summed E-state index contributed by atoms with van der Waals surface area (Å²) in [6.45, 7) is 4.00. The first-order valence-corrected chi connectivity index (χ1v) is 7.50. The molecule has 0 heterocycles. The minimum atomic E-state index is -0.348. The van der Waals surface area contributed by atoms with Gasteiger partial charge in [0.05, 0.1) is 17.1 Å². The van der Waals surface area contributed by atoms with Crippen molar-refractivity contribution >= 4 is 21.9 Å². The van der Waals surface area contributed by atoms with Gasteiger partial charge in [-0.1, -0.05) is 19.1 Å². The number of rotatable bonds is 4. The van der Waals surface area contributed by atoms with Gasteiger partial charge in [-0.15, -0.1) is 0 Å². The molecular weight excluding hydrogens is 332 g/mol. The molecule has 0 saturated heterocycles. The monoisotopic (exact) mass is 348 g/mol. The lowest BCUT2D eigenvalue weighted by atomic mass is 10.1. The van der Waals surface area contributed by atoms with E-state index in [4.69, 9.17) is 9.47 Å². The number of ether oxygens (including phenoxy) is 2. The fourth-order valence-corrected chi connectivity index (χ4v) is 2.66. The summed E-state index contributed by atoms with van der Waals surface area (Å²) in [6, 6.07) is 11.2. The van der Waals surface area contributed by atoms with E-state index in [9.17, 15) is 4.79 Å². The first-order valence-electron chi connectivity index (χ1n) is 6.71. The van der Waals surface area contributed by atoms with Crippen molar-refractivity contribution in [3.63, 3.8) is 0 Å². The predicted octanol–water partition coefficient (Wildman–Crippen LogP) is 4.90. The number of aryl methyl sites for hydroxylation is 2. The zero-order chi connectivity index (χ0) is 15.4. The van der Waals surface area contributed by atoms with Crippen molar-refractivity contribution in [1.82, 2.24) is 0 Å². The van der Waals surface area contributed by atoms with Crippen LogP contribution in [0, 0.1) is 6.92 Å². The molecule has 0 bridgehead atoms. The Hall–Kier alpha value is -1.81. The first-order chi connectivity index (χ1) is 10.1. The molecule has 0 aliphatic rings. The van der Waals surface area contributed by atoms with E-state index in [0.29, 0.717) is 5.56 Å². The molecule has 0 aromatic heterocycles. The van der Waals surface area contributed by atoms with Gasteiger partial charge in [0, 0.05) is 0 Å². The van der Waals surface area contributed by atoms with Crippen molar-refractivity contribution in [2.75, 3.05) is 7.11 Å². The van der Waals surface area contributed by atoms with Gasteiger partial charge in [-0.25, -0.2) is 4.79 Å². The number of carbonyl (C=O) groups excluding carboxylic acids is 1. The molecule has 2 aromatic rings. The topological polar surface area (TPSA) is 35.5 Å². The smallest absolute Gasteiger partial charge is 0.337 e. The summed E-state index contributed by atoms with van der Waals surface area (Å²) in [4.78, 5) is 11.5. The number of esters is 1. The quantitative estimate of drug-likeness (QED) is 0.737. The number of methoxy groups -OCH3 is 1. The summed E-state index contributed by atoms with van der Waals surface area (Å²) >= 11 is 3.57. The SMILES string of the molecule is CCc1cccc(Oc2ccc(C(=O)OC)cc2C)c1Br. The molecule has 0 unspecified atom stereocenters. The minimum Gasteiger partial charge on any atom is -0.465 e. The summed E-state index contributed by atoms with van der Waals surface area (Å²) in [5.41, 5.74) is 2.59. The average Bonchev–Trinajstić information content (AvgIpc) is 2.50. The second kappa shape index (κ2) is 6.76. The third kappa shape index (κ3) is 3.45. The van der Waals surface area contributed by atoms with Crippen LogP contribution in [0.1, 0.15) is 28.4 Å². The summed E-state index contributed by atoms with van der Waals surface area (Å²) < 4.78 is 11.6. The van der Waals surface area contributed by atoms with Crippen LogP contribution >= 0.6 is 15.9 Å². The van der Waals surface area contributed by atoms with Gasteiger partial charge in [0.25, 0.3) is 0 Å². The van der Waals surface area contributed by atoms with E-state index >= 15 is 0 Å². The Kier molecular flexibility index (Phi) is 5.02. The second-order valence-electron chi connectivity index (χ2n) is 4.66. The van der Waals surface area contributed by atoms with Crippen LogP contribution in [0.5, 0.6) is 11.5 Å². The second-order valence-corrected chi connectivity index (χ2v) is 5.45. The number of carbonyl (C=O) groups is 1. The van der Waals surface area contributed by atoms with Crippen LogP contribution < -0.4 is 4.74 Å². The van der Waals surface area contributed by atoms with Gasteiger partial charge in [-0.3, -0.25) is 0 Å². The molecule has 0 fully saturated rings. The number of hydrogen-bond donors (Lipinski definition) is 0. The van der Waals surface area contributed by atoms with E-state index in [0.717, 1.165) is 28.0 Å². The van der Waals surface area contributed by atoms with Crippen LogP contribution in [-0.4, -0.2) is 13.1 Å². The lowest BCUT2D eigenvalue weighted by molar-refractivity contribution is 0.0600. The van der Waals surface area contributed by atoms with Gasteiger partial charge in [0.15, 0.2) is 0 Å². The molecule has 4 heteroatoms. The third-order valence-electron chi connectivity index (χ3n) is 3.24. The van der Waals surface area contributed by atoms with Crippen molar-refractivity contribution in [1.29, 1.82) is 0 Å². The standard InChI is InChI=1S/C17H17BrO3/c1-4-12-6-5-7-15(16(12)18)21-14-9-8-13(10-11(14)2)17(19)20-3/h5-10H,4H2,1-3H3. The molecule has 0 spiro atoms. The fourth-order valence-electron chi connectivity index (χ4n) is 2.04. The number of hydrogen-bond acceptors (Lipinski definition) is 3. The van der Waals surface area contributed by atoms with Crippen LogP contribution in [0.25, 0.3) is 0 Å². The molecule has 21 heavy (non-hydrogen) atoms. The van der Waals surface area contributed by atoms with Crippen LogP contribution in [0.3, 0.4) is 0 Å². The Morgan fingerprint density at radius 2 is 1.95 bits per heavy atom. The average molecular weight is 349 g/mol. The lowest BCUT2D eigenvalue weighted by Gasteiger charge is -2.13. The van der Waals surface area contributed by atoms with E-state index in [-0.39, 0.29) is 5.97 Å². The van der Waals surface area contributed by atoms with E-state index < -0.39 is 0 Å². The van der Waals surface area contributed by atoms with Crippen LogP contribution in [0.15, 0.2) is 40.9 Å². The number of halogens is 1. The zero-order valence-electron chi connectivity index (χ0n) is 12.3. The molecular formula is C17H17BrO3. The Balaban J connectivity index is 2.30. The van der Waals surface area contributed by atoms with Crippen molar-refractivity contribution in [2.24, 2.45) is 0 Å². The van der Waals surface area contributed by atoms with Crippen molar-refractivity contribution in [3.8, 4) is 11.5 Å². The molecule has 0 radical (unpaired) electrons. The summed E-state index contributed by atoms with van der Waals surface area (Å²) in [5, 5.41) is 0. The maximum absolute atomic E-state index is 11.5. The summed E-state index contributed by atoms with van der Waals surface area (Å²) in [7, 11) is 1.37. The van der Waals surface area contributed by atoms with Crippen LogP contribution in [-0.2, 0) is 11.2 Å². The lowest BCUT2D eigenvalue weighted by Crippen LogP contribution is -2.01. The fraction of sp³-hybridized carbons (Fsp3) is 0.235. The van der Waals surface area contributed by atoms with Crippen LogP contribution in [0.4, 0.5) is 0 Å². The third-order valence-corrected chi connectivity index (χ3v) is 4.14. The van der Waals surface area contributed by atoms with Gasteiger partial charge < -0.3 is 9.47 Å². The zero-order valence-corrected chi connectivity index (χ0v) is 13.9. The minimum absolute atomic E-state index is 0.348.